The minimum absolute atomic E-state index is 0.00878. The summed E-state index contributed by atoms with van der Waals surface area (Å²) in [7, 11) is 0. The van der Waals surface area contributed by atoms with Crippen LogP contribution in [0.1, 0.15) is 33.7 Å². The van der Waals surface area contributed by atoms with Crippen LogP contribution in [0.5, 0.6) is 0 Å². The van der Waals surface area contributed by atoms with Crippen LogP contribution in [0.4, 0.5) is 5.95 Å². The van der Waals surface area contributed by atoms with Gasteiger partial charge in [-0.25, -0.2) is 14.8 Å². The summed E-state index contributed by atoms with van der Waals surface area (Å²) in [4.78, 5) is 35.7. The minimum atomic E-state index is -1.04. The number of thiophene rings is 1. The van der Waals surface area contributed by atoms with Crippen molar-refractivity contribution >= 4 is 39.3 Å². The predicted molar refractivity (Wildman–Crippen MR) is 86.5 cm³/mol. The topological polar surface area (TPSA) is 95.4 Å². The Kier molecular flexibility index (Phi) is 3.50. The van der Waals surface area contributed by atoms with Gasteiger partial charge < -0.3 is 15.3 Å². The van der Waals surface area contributed by atoms with Crippen LogP contribution >= 0.6 is 11.3 Å². The summed E-state index contributed by atoms with van der Waals surface area (Å²) < 4.78 is 0. The number of Topliss-reactive ketones (excluding diaryl/α,β-unsaturated/α-hetero) is 1. The lowest BCUT2D eigenvalue weighted by atomic mass is 10.1. The number of fused-ring (bicyclic) bond motifs is 1. The number of carboxylic acids is 1. The van der Waals surface area contributed by atoms with E-state index in [1.54, 1.807) is 5.38 Å². The highest BCUT2D eigenvalue weighted by Crippen LogP contribution is 2.36. The molecule has 0 unspecified atom stereocenters. The first-order chi connectivity index (χ1) is 11.1. The van der Waals surface area contributed by atoms with Crippen LogP contribution < -0.4 is 10.2 Å². The number of hydrogen-bond donors (Lipinski definition) is 2. The van der Waals surface area contributed by atoms with Gasteiger partial charge >= 0.3 is 5.97 Å². The van der Waals surface area contributed by atoms with Gasteiger partial charge in [0, 0.05) is 37.5 Å². The Balaban J connectivity index is 1.87. The number of carbonyl (C=O) groups excluding carboxylic acids is 1. The van der Waals surface area contributed by atoms with E-state index in [1.807, 2.05) is 4.90 Å². The van der Waals surface area contributed by atoms with Crippen LogP contribution in [0.15, 0.2) is 5.38 Å². The fourth-order valence-corrected chi connectivity index (χ4v) is 3.72. The Morgan fingerprint density at radius 3 is 2.65 bits per heavy atom. The molecular weight excluding hydrogens is 316 g/mol. The molecule has 120 valence electrons. The number of hydrogen-bond acceptors (Lipinski definition) is 7. The summed E-state index contributed by atoms with van der Waals surface area (Å²) in [6.45, 7) is 3.25. The number of nitrogens with zero attached hydrogens (tertiary/aromatic N) is 3. The van der Waals surface area contributed by atoms with Gasteiger partial charge in [-0.15, -0.1) is 11.3 Å². The molecular formula is C15H16N4O3S. The zero-order valence-corrected chi connectivity index (χ0v) is 13.2. The Morgan fingerprint density at radius 1 is 1.26 bits per heavy atom. The fraction of sp³-hybridized carbons (Fsp3) is 0.467. The normalized spacial score (nSPS) is 18.3. The Bertz CT molecular complexity index is 793. The zero-order chi connectivity index (χ0) is 16.0. The third kappa shape index (κ3) is 2.57. The highest BCUT2D eigenvalue weighted by atomic mass is 32.1. The Hall–Kier alpha value is -2.06. The molecule has 3 heterocycles. The molecule has 1 saturated heterocycles. The van der Waals surface area contributed by atoms with E-state index >= 15 is 0 Å². The highest BCUT2D eigenvalue weighted by molar-refractivity contribution is 7.17. The average Bonchev–Trinajstić information content (AvgIpc) is 3.32. The van der Waals surface area contributed by atoms with Crippen molar-refractivity contribution < 1.29 is 14.7 Å². The molecule has 0 bridgehead atoms. The van der Waals surface area contributed by atoms with E-state index < -0.39 is 5.97 Å². The van der Waals surface area contributed by atoms with Crippen molar-refractivity contribution in [1.82, 2.24) is 15.3 Å². The van der Waals surface area contributed by atoms with E-state index in [9.17, 15) is 14.7 Å². The lowest BCUT2D eigenvalue weighted by Gasteiger charge is -2.27. The van der Waals surface area contributed by atoms with Crippen LogP contribution in [0.25, 0.3) is 10.2 Å². The number of carboxylic acid groups (broad SMARTS) is 1. The maximum absolute atomic E-state index is 12.6. The molecule has 2 N–H and O–H groups in total. The van der Waals surface area contributed by atoms with Crippen LogP contribution in [0, 0.1) is 5.92 Å². The number of rotatable bonds is 4. The summed E-state index contributed by atoms with van der Waals surface area (Å²) in [5.41, 5.74) is 0.408. The van der Waals surface area contributed by atoms with Crippen LogP contribution in [-0.4, -0.2) is 53.0 Å². The first kappa shape index (κ1) is 14.5. The molecule has 0 aromatic carbocycles. The maximum atomic E-state index is 12.6. The molecule has 1 aliphatic heterocycles. The molecule has 0 atom stereocenters. The first-order valence-corrected chi connectivity index (χ1v) is 8.55. The van der Waals surface area contributed by atoms with Crippen molar-refractivity contribution in [2.45, 2.75) is 12.8 Å². The molecule has 0 amide bonds. The van der Waals surface area contributed by atoms with Gasteiger partial charge in [-0.05, 0) is 12.8 Å². The lowest BCUT2D eigenvalue weighted by molar-refractivity contribution is 0.0699. The van der Waals surface area contributed by atoms with Crippen LogP contribution in [0.2, 0.25) is 0 Å². The summed E-state index contributed by atoms with van der Waals surface area (Å²) in [5, 5.41) is 14.6. The van der Waals surface area contributed by atoms with Gasteiger partial charge in [0.15, 0.2) is 5.78 Å². The summed E-state index contributed by atoms with van der Waals surface area (Å²) in [6, 6.07) is 0. The molecule has 8 heteroatoms. The number of ketones is 1. The average molecular weight is 332 g/mol. The van der Waals surface area contributed by atoms with Crippen molar-refractivity contribution in [2.24, 2.45) is 5.92 Å². The van der Waals surface area contributed by atoms with Gasteiger partial charge in [0.1, 0.15) is 10.5 Å². The zero-order valence-electron chi connectivity index (χ0n) is 12.4. The number of nitrogens with one attached hydrogen (secondary N) is 1. The summed E-state index contributed by atoms with van der Waals surface area (Å²) in [5.74, 6) is -0.568. The molecule has 23 heavy (non-hydrogen) atoms. The molecule has 2 aliphatic rings. The number of aromatic carboxylic acids is 1. The fourth-order valence-electron chi connectivity index (χ4n) is 2.81. The standard InChI is InChI=1S/C15H16N4O3S/c20-12(8-1-2-8)11-10-9(14(21)22)7-23-13(10)18-15(17-11)19-5-3-16-4-6-19/h7-8,16H,1-6H2,(H,21,22). The van der Waals surface area contributed by atoms with E-state index in [4.69, 9.17) is 0 Å². The van der Waals surface area contributed by atoms with E-state index in [0.717, 1.165) is 39.0 Å². The Morgan fingerprint density at radius 2 is 2.00 bits per heavy atom. The van der Waals surface area contributed by atoms with Gasteiger partial charge in [-0.3, -0.25) is 4.79 Å². The van der Waals surface area contributed by atoms with Crippen molar-refractivity contribution in [3.8, 4) is 0 Å². The third-order valence-corrected chi connectivity index (χ3v) is 5.11. The first-order valence-electron chi connectivity index (χ1n) is 7.67. The summed E-state index contributed by atoms with van der Waals surface area (Å²) in [6.07, 6.45) is 1.72. The van der Waals surface area contributed by atoms with Crippen LogP contribution in [-0.2, 0) is 0 Å². The van der Waals surface area contributed by atoms with Gasteiger partial charge in [-0.2, -0.15) is 0 Å². The highest BCUT2D eigenvalue weighted by Gasteiger charge is 2.34. The second-order valence-corrected chi connectivity index (χ2v) is 6.74. The van der Waals surface area contributed by atoms with Crippen molar-refractivity contribution in [3.05, 3.63) is 16.6 Å². The van der Waals surface area contributed by atoms with Gasteiger partial charge in [0.2, 0.25) is 5.95 Å². The second-order valence-electron chi connectivity index (χ2n) is 5.88. The molecule has 0 radical (unpaired) electrons. The third-order valence-electron chi connectivity index (χ3n) is 4.23. The van der Waals surface area contributed by atoms with Crippen LogP contribution in [0.3, 0.4) is 0 Å². The van der Waals surface area contributed by atoms with E-state index in [1.165, 1.54) is 11.3 Å². The molecule has 2 fully saturated rings. The largest absolute Gasteiger partial charge is 0.478 e. The molecule has 1 saturated carbocycles. The quantitative estimate of drug-likeness (QED) is 0.817. The molecule has 0 spiro atoms. The number of piperazine rings is 1. The maximum Gasteiger partial charge on any atom is 0.337 e. The predicted octanol–water partition coefficient (Wildman–Crippen LogP) is 1.39. The van der Waals surface area contributed by atoms with E-state index in [-0.39, 0.29) is 23.0 Å². The molecule has 1 aliphatic carbocycles. The van der Waals surface area contributed by atoms with Crippen molar-refractivity contribution in [1.29, 1.82) is 0 Å². The number of carbonyl (C=O) groups is 2. The molecule has 4 rings (SSSR count). The van der Waals surface area contributed by atoms with Crippen molar-refractivity contribution in [2.75, 3.05) is 31.1 Å². The van der Waals surface area contributed by atoms with Crippen molar-refractivity contribution in [3.63, 3.8) is 0 Å². The number of anilines is 1. The molecule has 2 aromatic rings. The monoisotopic (exact) mass is 332 g/mol. The van der Waals surface area contributed by atoms with E-state index in [0.29, 0.717) is 16.2 Å². The minimum Gasteiger partial charge on any atom is -0.478 e. The lowest BCUT2D eigenvalue weighted by Crippen LogP contribution is -2.44. The SMILES string of the molecule is O=C(O)c1csc2nc(N3CCNCC3)nc(C(=O)C3CC3)c12. The Labute approximate surface area is 136 Å². The smallest absolute Gasteiger partial charge is 0.337 e. The molecule has 7 nitrogen and oxygen atoms in total. The van der Waals surface area contributed by atoms with Gasteiger partial charge in [0.05, 0.1) is 10.9 Å². The molecule has 2 aromatic heterocycles. The second kappa shape index (κ2) is 5.54. The number of aromatic nitrogens is 2. The van der Waals surface area contributed by atoms with E-state index in [2.05, 4.69) is 15.3 Å². The van der Waals surface area contributed by atoms with Gasteiger partial charge in [0.25, 0.3) is 0 Å². The van der Waals surface area contributed by atoms with Gasteiger partial charge in [-0.1, -0.05) is 0 Å². The summed E-state index contributed by atoms with van der Waals surface area (Å²) >= 11 is 1.26.